The van der Waals surface area contributed by atoms with Crippen molar-refractivity contribution in [2.24, 2.45) is 0 Å². The molecule has 1 aliphatic rings. The maximum atomic E-state index is 13.5. The summed E-state index contributed by atoms with van der Waals surface area (Å²) in [6.45, 7) is 0.151. The number of pyridine rings is 1. The summed E-state index contributed by atoms with van der Waals surface area (Å²) in [5.74, 6) is -0.968. The summed E-state index contributed by atoms with van der Waals surface area (Å²) in [5, 5.41) is 0. The number of carbonyl (C=O) groups excluding carboxylic acids is 1. The lowest BCUT2D eigenvalue weighted by Crippen LogP contribution is -2.26. The quantitative estimate of drug-likeness (QED) is 0.772. The molecule has 90 valence electrons. The first kappa shape index (κ1) is 10.9. The Morgan fingerprint density at radius 3 is 2.94 bits per heavy atom. The predicted molar refractivity (Wildman–Crippen MR) is 63.2 cm³/mol. The zero-order valence-electron chi connectivity index (χ0n) is 9.47. The Balaban J connectivity index is 2.03. The van der Waals surface area contributed by atoms with Crippen LogP contribution in [0.2, 0.25) is 0 Å². The highest BCUT2D eigenvalue weighted by Crippen LogP contribution is 2.33. The minimum Gasteiger partial charge on any atom is -0.489 e. The van der Waals surface area contributed by atoms with Crippen LogP contribution in [-0.2, 0) is 0 Å². The van der Waals surface area contributed by atoms with Gasteiger partial charge < -0.3 is 4.74 Å². The minimum atomic E-state index is -0.495. The van der Waals surface area contributed by atoms with Gasteiger partial charge in [0.05, 0.1) is 11.5 Å². The summed E-state index contributed by atoms with van der Waals surface area (Å²) >= 11 is 0. The van der Waals surface area contributed by atoms with E-state index in [9.17, 15) is 9.18 Å². The molecule has 0 saturated carbocycles. The Bertz CT molecular complexity index is 598. The molecule has 0 aliphatic carbocycles. The number of Topliss-reactive ketones (excluding diaryl/α,β-unsaturated/α-hetero) is 1. The minimum absolute atomic E-state index is 0.0580. The van der Waals surface area contributed by atoms with Crippen LogP contribution in [0.25, 0.3) is 0 Å². The van der Waals surface area contributed by atoms with E-state index in [0.29, 0.717) is 5.56 Å². The average Bonchev–Trinajstić information content (AvgIpc) is 2.41. The molecule has 0 bridgehead atoms. The van der Waals surface area contributed by atoms with E-state index in [1.165, 1.54) is 12.1 Å². The summed E-state index contributed by atoms with van der Waals surface area (Å²) in [4.78, 5) is 16.3. The Hall–Kier alpha value is -2.23. The second-order valence-corrected chi connectivity index (χ2v) is 4.13. The van der Waals surface area contributed by atoms with E-state index in [0.717, 1.165) is 5.56 Å². The van der Waals surface area contributed by atoms with Gasteiger partial charge in [0, 0.05) is 12.4 Å². The van der Waals surface area contributed by atoms with Gasteiger partial charge in [-0.25, -0.2) is 4.39 Å². The maximum absolute atomic E-state index is 13.5. The van der Waals surface area contributed by atoms with E-state index in [2.05, 4.69) is 4.98 Å². The summed E-state index contributed by atoms with van der Waals surface area (Å²) in [7, 11) is 0. The van der Waals surface area contributed by atoms with Crippen molar-refractivity contribution >= 4 is 5.78 Å². The maximum Gasteiger partial charge on any atom is 0.177 e. The van der Waals surface area contributed by atoms with Crippen molar-refractivity contribution in [1.82, 2.24) is 4.98 Å². The highest BCUT2D eigenvalue weighted by atomic mass is 19.1. The topological polar surface area (TPSA) is 39.2 Å². The fourth-order valence-corrected chi connectivity index (χ4v) is 2.11. The number of fused-ring (bicyclic) bond motifs is 1. The van der Waals surface area contributed by atoms with Crippen molar-refractivity contribution in [2.75, 3.05) is 6.61 Å². The summed E-state index contributed by atoms with van der Waals surface area (Å²) in [6, 6.07) is 7.98. The number of hydrogen-bond donors (Lipinski definition) is 0. The molecule has 0 N–H and O–H groups in total. The number of carbonyl (C=O) groups is 1. The predicted octanol–water partition coefficient (Wildman–Crippen LogP) is 2.58. The molecule has 1 aliphatic heterocycles. The van der Waals surface area contributed by atoms with E-state index >= 15 is 0 Å². The van der Waals surface area contributed by atoms with Gasteiger partial charge in [0.15, 0.2) is 17.3 Å². The van der Waals surface area contributed by atoms with Gasteiger partial charge in [-0.15, -0.1) is 0 Å². The summed E-state index contributed by atoms with van der Waals surface area (Å²) in [5.41, 5.74) is 1.09. The second-order valence-electron chi connectivity index (χ2n) is 4.13. The van der Waals surface area contributed by atoms with Gasteiger partial charge >= 0.3 is 0 Å². The van der Waals surface area contributed by atoms with E-state index < -0.39 is 11.7 Å². The first-order valence-corrected chi connectivity index (χ1v) is 5.63. The van der Waals surface area contributed by atoms with E-state index in [4.69, 9.17) is 4.74 Å². The number of rotatable bonds is 1. The van der Waals surface area contributed by atoms with Gasteiger partial charge in [-0.05, 0) is 23.8 Å². The third-order valence-corrected chi connectivity index (χ3v) is 3.03. The van der Waals surface area contributed by atoms with Crippen molar-refractivity contribution in [3.05, 3.63) is 59.7 Å². The normalized spacial score (nSPS) is 18.1. The van der Waals surface area contributed by atoms with Crippen LogP contribution in [-0.4, -0.2) is 17.4 Å². The van der Waals surface area contributed by atoms with Gasteiger partial charge in [0.1, 0.15) is 6.61 Å². The zero-order valence-corrected chi connectivity index (χ0v) is 9.47. The molecular weight excluding hydrogens is 233 g/mol. The number of nitrogens with zero attached hydrogens (tertiary/aromatic N) is 1. The number of benzene rings is 1. The fourth-order valence-electron chi connectivity index (χ4n) is 2.11. The van der Waals surface area contributed by atoms with Gasteiger partial charge in [-0.1, -0.05) is 12.1 Å². The molecule has 18 heavy (non-hydrogen) atoms. The molecule has 2 aromatic rings. The van der Waals surface area contributed by atoms with E-state index in [-0.39, 0.29) is 18.1 Å². The first-order chi connectivity index (χ1) is 8.77. The monoisotopic (exact) mass is 243 g/mol. The van der Waals surface area contributed by atoms with Gasteiger partial charge in [0.2, 0.25) is 0 Å². The summed E-state index contributed by atoms with van der Waals surface area (Å²) in [6.07, 6.45) is 3.28. The first-order valence-electron chi connectivity index (χ1n) is 5.63. The second kappa shape index (κ2) is 4.22. The van der Waals surface area contributed by atoms with Crippen LogP contribution in [0.4, 0.5) is 4.39 Å². The number of halogens is 1. The van der Waals surface area contributed by atoms with Crippen LogP contribution in [0.5, 0.6) is 5.75 Å². The van der Waals surface area contributed by atoms with Crippen molar-refractivity contribution in [2.45, 2.75) is 5.92 Å². The third kappa shape index (κ3) is 1.66. The largest absolute Gasteiger partial charge is 0.489 e. The van der Waals surface area contributed by atoms with Crippen LogP contribution in [0, 0.1) is 5.82 Å². The van der Waals surface area contributed by atoms with E-state index in [1.807, 2.05) is 6.07 Å². The van der Waals surface area contributed by atoms with Gasteiger partial charge in [0.25, 0.3) is 0 Å². The molecule has 0 saturated heterocycles. The van der Waals surface area contributed by atoms with Crippen molar-refractivity contribution in [3.8, 4) is 5.75 Å². The molecule has 3 rings (SSSR count). The third-order valence-electron chi connectivity index (χ3n) is 3.03. The molecule has 0 spiro atoms. The molecule has 1 aromatic carbocycles. The number of ether oxygens (including phenoxy) is 1. The molecule has 0 fully saturated rings. The molecule has 1 aromatic heterocycles. The Labute approximate surface area is 103 Å². The lowest BCUT2D eigenvalue weighted by molar-refractivity contribution is 0.0891. The lowest BCUT2D eigenvalue weighted by Gasteiger charge is -2.24. The number of ketones is 1. The smallest absolute Gasteiger partial charge is 0.177 e. The fraction of sp³-hybridized carbons (Fsp3) is 0.143. The number of aromatic nitrogens is 1. The van der Waals surface area contributed by atoms with Crippen LogP contribution in [0.1, 0.15) is 21.8 Å². The molecule has 4 heteroatoms. The zero-order chi connectivity index (χ0) is 12.5. The SMILES string of the molecule is O=C1c2cccc(F)c2OC[C@@H]1c1cccnc1. The highest BCUT2D eigenvalue weighted by molar-refractivity contribution is 6.04. The van der Waals surface area contributed by atoms with Gasteiger partial charge in [-0.2, -0.15) is 0 Å². The van der Waals surface area contributed by atoms with Crippen LogP contribution in [0.3, 0.4) is 0 Å². The van der Waals surface area contributed by atoms with Crippen molar-refractivity contribution in [3.63, 3.8) is 0 Å². The van der Waals surface area contributed by atoms with E-state index in [1.54, 1.807) is 24.5 Å². The summed E-state index contributed by atoms with van der Waals surface area (Å²) < 4.78 is 18.9. The highest BCUT2D eigenvalue weighted by Gasteiger charge is 2.31. The average molecular weight is 243 g/mol. The van der Waals surface area contributed by atoms with Gasteiger partial charge in [-0.3, -0.25) is 9.78 Å². The number of hydrogen-bond acceptors (Lipinski definition) is 3. The Kier molecular flexibility index (Phi) is 2.55. The molecular formula is C14H10FNO2. The standard InChI is InChI=1S/C14H10FNO2/c15-12-5-1-4-10-13(17)11(8-18-14(10)12)9-3-2-6-16-7-9/h1-7,11H,8H2/t11-/m1/s1. The van der Waals surface area contributed by atoms with Crippen molar-refractivity contribution in [1.29, 1.82) is 0 Å². The molecule has 2 heterocycles. The number of para-hydroxylation sites is 1. The molecule has 0 unspecified atom stereocenters. The Morgan fingerprint density at radius 1 is 1.28 bits per heavy atom. The van der Waals surface area contributed by atoms with Crippen LogP contribution in [0.15, 0.2) is 42.7 Å². The molecule has 1 atom stereocenters. The van der Waals surface area contributed by atoms with Crippen LogP contribution >= 0.6 is 0 Å². The molecule has 3 nitrogen and oxygen atoms in total. The molecule has 0 radical (unpaired) electrons. The lowest BCUT2D eigenvalue weighted by atomic mass is 9.90. The Morgan fingerprint density at radius 2 is 2.17 bits per heavy atom. The van der Waals surface area contributed by atoms with Crippen molar-refractivity contribution < 1.29 is 13.9 Å². The molecule has 0 amide bonds. The van der Waals surface area contributed by atoms with Crippen LogP contribution < -0.4 is 4.74 Å².